The monoisotopic (exact) mass is 460 g/mol. The molecule has 0 unspecified atom stereocenters. The first-order valence-electron chi connectivity index (χ1n) is 10.7. The minimum absolute atomic E-state index is 0.00243. The Kier molecular flexibility index (Phi) is 8.02. The largest absolute Gasteiger partial charge is 0.459 e. The molecule has 0 saturated carbocycles. The summed E-state index contributed by atoms with van der Waals surface area (Å²) in [6, 6.07) is 4.09. The average molecular weight is 460 g/mol. The molecule has 0 radical (unpaired) electrons. The maximum atomic E-state index is 14.1. The van der Waals surface area contributed by atoms with Gasteiger partial charge in [-0.1, -0.05) is 26.0 Å². The average Bonchev–Trinajstić information content (AvgIpc) is 3.13. The molecule has 8 nitrogen and oxygen atoms in total. The van der Waals surface area contributed by atoms with Gasteiger partial charge in [-0.2, -0.15) is 10.2 Å². The number of carbonyl (C=O) groups excluding carboxylic acids is 3. The Hall–Kier alpha value is -3.43. The SMILES string of the molecule is CC(C)[C@H](NC(=O)C[C@@H]1CCC(=O)N1Cc1cccc(F)c1F)C(=O)OCc1ccnnc1. The molecule has 10 heteroatoms. The van der Waals surface area contributed by atoms with E-state index in [0.717, 1.165) is 6.07 Å². The zero-order chi connectivity index (χ0) is 24.0. The first kappa shape index (κ1) is 24.2. The van der Waals surface area contributed by atoms with Gasteiger partial charge >= 0.3 is 5.97 Å². The third-order valence-corrected chi connectivity index (χ3v) is 5.51. The number of halogens is 2. The van der Waals surface area contributed by atoms with Gasteiger partial charge < -0.3 is 15.0 Å². The molecule has 1 aliphatic heterocycles. The number of carbonyl (C=O) groups is 3. The van der Waals surface area contributed by atoms with Crippen LogP contribution < -0.4 is 5.32 Å². The molecule has 0 spiro atoms. The van der Waals surface area contributed by atoms with Gasteiger partial charge in [0.25, 0.3) is 0 Å². The quantitative estimate of drug-likeness (QED) is 0.577. The van der Waals surface area contributed by atoms with Gasteiger partial charge in [-0.15, -0.1) is 0 Å². The third-order valence-electron chi connectivity index (χ3n) is 5.51. The van der Waals surface area contributed by atoms with Crippen molar-refractivity contribution in [2.24, 2.45) is 5.92 Å². The van der Waals surface area contributed by atoms with Crippen LogP contribution in [0.25, 0.3) is 0 Å². The molecule has 0 bridgehead atoms. The molecule has 2 amide bonds. The van der Waals surface area contributed by atoms with Crippen molar-refractivity contribution in [3.05, 3.63) is 59.4 Å². The fourth-order valence-electron chi connectivity index (χ4n) is 3.67. The van der Waals surface area contributed by atoms with Crippen LogP contribution in [0.1, 0.15) is 44.2 Å². The van der Waals surface area contributed by atoms with Crippen molar-refractivity contribution < 1.29 is 27.9 Å². The van der Waals surface area contributed by atoms with Crippen LogP contribution in [-0.2, 0) is 32.3 Å². The van der Waals surface area contributed by atoms with Gasteiger partial charge in [0.15, 0.2) is 11.6 Å². The number of esters is 1. The summed E-state index contributed by atoms with van der Waals surface area (Å²) in [5.41, 5.74) is 0.710. The number of likely N-dealkylation sites (tertiary alicyclic amines) is 1. The second-order valence-electron chi connectivity index (χ2n) is 8.28. The van der Waals surface area contributed by atoms with Crippen LogP contribution in [0.15, 0.2) is 36.7 Å². The lowest BCUT2D eigenvalue weighted by atomic mass is 10.0. The molecule has 176 valence electrons. The van der Waals surface area contributed by atoms with E-state index in [2.05, 4.69) is 15.5 Å². The van der Waals surface area contributed by atoms with Crippen molar-refractivity contribution in [1.82, 2.24) is 20.4 Å². The molecule has 1 fully saturated rings. The van der Waals surface area contributed by atoms with E-state index in [-0.39, 0.29) is 43.4 Å². The summed E-state index contributed by atoms with van der Waals surface area (Å²) in [6.45, 7) is 3.42. The topological polar surface area (TPSA) is 101 Å². The molecule has 1 aromatic heterocycles. The molecule has 2 aromatic rings. The first-order valence-corrected chi connectivity index (χ1v) is 10.7. The van der Waals surface area contributed by atoms with Crippen molar-refractivity contribution in [2.75, 3.05) is 0 Å². The lowest BCUT2D eigenvalue weighted by molar-refractivity contribution is -0.150. The Labute approximate surface area is 190 Å². The van der Waals surface area contributed by atoms with E-state index >= 15 is 0 Å². The van der Waals surface area contributed by atoms with E-state index in [0.29, 0.717) is 12.0 Å². The number of hydrogen-bond acceptors (Lipinski definition) is 6. The van der Waals surface area contributed by atoms with Gasteiger partial charge in [0.05, 0.1) is 6.20 Å². The number of nitrogens with one attached hydrogen (secondary N) is 1. The summed E-state index contributed by atoms with van der Waals surface area (Å²) in [4.78, 5) is 39.0. The lowest BCUT2D eigenvalue weighted by Crippen LogP contribution is -2.47. The minimum atomic E-state index is -1.01. The molecular formula is C23H26F2N4O4. The third kappa shape index (κ3) is 6.30. The number of aromatic nitrogens is 2. The van der Waals surface area contributed by atoms with Crippen LogP contribution >= 0.6 is 0 Å². The highest BCUT2D eigenvalue weighted by Gasteiger charge is 2.34. The Morgan fingerprint density at radius 1 is 1.24 bits per heavy atom. The summed E-state index contributed by atoms with van der Waals surface area (Å²) >= 11 is 0. The van der Waals surface area contributed by atoms with Gasteiger partial charge in [0, 0.05) is 42.8 Å². The number of hydrogen-bond donors (Lipinski definition) is 1. The number of rotatable bonds is 9. The normalized spacial score (nSPS) is 16.7. The van der Waals surface area contributed by atoms with Crippen molar-refractivity contribution in [2.45, 2.75) is 58.3 Å². The van der Waals surface area contributed by atoms with Gasteiger partial charge in [0.2, 0.25) is 11.8 Å². The van der Waals surface area contributed by atoms with E-state index < -0.39 is 35.6 Å². The number of amides is 2. The van der Waals surface area contributed by atoms with Crippen LogP contribution in [0, 0.1) is 17.6 Å². The van der Waals surface area contributed by atoms with Gasteiger partial charge in [-0.25, -0.2) is 13.6 Å². The second kappa shape index (κ2) is 10.9. The molecule has 3 rings (SSSR count). The maximum Gasteiger partial charge on any atom is 0.329 e. The summed E-state index contributed by atoms with van der Waals surface area (Å²) in [6.07, 6.45) is 3.52. The summed E-state index contributed by atoms with van der Waals surface area (Å²) in [5.74, 6) is -3.49. The molecule has 2 atom stereocenters. The van der Waals surface area contributed by atoms with E-state index in [9.17, 15) is 23.2 Å². The predicted molar refractivity (Wildman–Crippen MR) is 113 cm³/mol. The molecule has 33 heavy (non-hydrogen) atoms. The summed E-state index contributed by atoms with van der Waals surface area (Å²) in [7, 11) is 0. The van der Waals surface area contributed by atoms with E-state index in [1.54, 1.807) is 19.9 Å². The van der Waals surface area contributed by atoms with E-state index in [1.807, 2.05) is 0 Å². The highest BCUT2D eigenvalue weighted by atomic mass is 19.2. The summed E-state index contributed by atoms with van der Waals surface area (Å²) < 4.78 is 32.9. The molecule has 1 aromatic carbocycles. The van der Waals surface area contributed by atoms with Gasteiger partial charge in [0.1, 0.15) is 12.6 Å². The zero-order valence-corrected chi connectivity index (χ0v) is 18.5. The van der Waals surface area contributed by atoms with Crippen molar-refractivity contribution in [1.29, 1.82) is 0 Å². The first-order chi connectivity index (χ1) is 15.8. The van der Waals surface area contributed by atoms with Crippen molar-refractivity contribution in [3.8, 4) is 0 Å². The number of nitrogens with zero attached hydrogens (tertiary/aromatic N) is 3. The zero-order valence-electron chi connectivity index (χ0n) is 18.5. The lowest BCUT2D eigenvalue weighted by Gasteiger charge is -2.26. The van der Waals surface area contributed by atoms with E-state index in [1.165, 1.54) is 29.4 Å². The Morgan fingerprint density at radius 2 is 2.03 bits per heavy atom. The van der Waals surface area contributed by atoms with Gasteiger partial charge in [-0.3, -0.25) is 9.59 Å². The van der Waals surface area contributed by atoms with Crippen LogP contribution in [-0.4, -0.2) is 45.0 Å². The predicted octanol–water partition coefficient (Wildman–Crippen LogP) is 2.52. The van der Waals surface area contributed by atoms with Crippen LogP contribution in [0.2, 0.25) is 0 Å². The fraction of sp³-hybridized carbons (Fsp3) is 0.435. The maximum absolute atomic E-state index is 14.1. The highest BCUT2D eigenvalue weighted by Crippen LogP contribution is 2.25. The Bertz CT molecular complexity index is 1000. The second-order valence-corrected chi connectivity index (χ2v) is 8.28. The number of benzene rings is 1. The van der Waals surface area contributed by atoms with Crippen LogP contribution in [0.3, 0.4) is 0 Å². The van der Waals surface area contributed by atoms with E-state index in [4.69, 9.17) is 4.74 Å². The van der Waals surface area contributed by atoms with Crippen molar-refractivity contribution >= 4 is 17.8 Å². The molecular weight excluding hydrogens is 434 g/mol. The van der Waals surface area contributed by atoms with Gasteiger partial charge in [-0.05, 0) is 24.5 Å². The molecule has 1 N–H and O–H groups in total. The Balaban J connectivity index is 1.60. The molecule has 0 aliphatic carbocycles. The molecule has 2 heterocycles. The Morgan fingerprint density at radius 3 is 2.73 bits per heavy atom. The minimum Gasteiger partial charge on any atom is -0.459 e. The van der Waals surface area contributed by atoms with Crippen LogP contribution in [0.5, 0.6) is 0 Å². The number of ether oxygens (including phenoxy) is 1. The highest BCUT2D eigenvalue weighted by molar-refractivity contribution is 5.86. The fourth-order valence-corrected chi connectivity index (χ4v) is 3.67. The summed E-state index contributed by atoms with van der Waals surface area (Å²) in [5, 5.41) is 10.1. The van der Waals surface area contributed by atoms with Crippen LogP contribution in [0.4, 0.5) is 8.78 Å². The molecule has 1 saturated heterocycles. The standard InChI is InChI=1S/C23H26F2N4O4/c1-14(2)22(23(32)33-13-15-8-9-26-27-11-15)28-19(30)10-17-6-7-20(31)29(17)12-16-4-3-5-18(24)21(16)25/h3-5,8-9,11,14,17,22H,6-7,10,12-13H2,1-2H3,(H,28,30)/t17-,22-/m0/s1. The molecule has 1 aliphatic rings. The van der Waals surface area contributed by atoms with Crippen molar-refractivity contribution in [3.63, 3.8) is 0 Å². The smallest absolute Gasteiger partial charge is 0.329 e.